The maximum absolute atomic E-state index is 12.3. The summed E-state index contributed by atoms with van der Waals surface area (Å²) in [4.78, 5) is 12.3. The van der Waals surface area contributed by atoms with Crippen LogP contribution in [0.25, 0.3) is 10.9 Å². The molecule has 1 saturated heterocycles. The van der Waals surface area contributed by atoms with Gasteiger partial charge in [-0.05, 0) is 67.9 Å². The number of hydrogen-bond donors (Lipinski definition) is 0. The monoisotopic (exact) mass is 511 g/mol. The van der Waals surface area contributed by atoms with Gasteiger partial charge in [0.2, 0.25) is 0 Å². The molecule has 0 amide bonds. The molecule has 0 atom stereocenters. The first-order chi connectivity index (χ1) is 13.1. The van der Waals surface area contributed by atoms with E-state index >= 15 is 0 Å². The largest absolute Gasteiger partial charge is 0.291 e. The second-order valence-corrected chi connectivity index (χ2v) is 10.5. The van der Waals surface area contributed by atoms with Crippen LogP contribution in [0, 0.1) is 18.3 Å². The first-order valence-corrected chi connectivity index (χ1v) is 13.5. The predicted molar refractivity (Wildman–Crippen MR) is 122 cm³/mol. The molecule has 1 aromatic carbocycles. The maximum atomic E-state index is 12.3. The van der Waals surface area contributed by atoms with Crippen LogP contribution in [0.2, 0.25) is 0 Å². The number of halogens is 1. The highest BCUT2D eigenvalue weighted by atomic mass is 127. The van der Waals surface area contributed by atoms with Gasteiger partial charge < -0.3 is 0 Å². The summed E-state index contributed by atoms with van der Waals surface area (Å²) in [6, 6.07) is 8.41. The van der Waals surface area contributed by atoms with Gasteiger partial charge in [-0.1, -0.05) is 11.9 Å². The summed E-state index contributed by atoms with van der Waals surface area (Å²) in [6.07, 6.45) is 5.10. The Morgan fingerprint density at radius 3 is 2.63 bits per heavy atom. The van der Waals surface area contributed by atoms with Gasteiger partial charge in [0, 0.05) is 54.1 Å². The molecule has 0 spiro atoms. The van der Waals surface area contributed by atoms with Crippen molar-refractivity contribution in [2.75, 3.05) is 13.1 Å². The molecule has 2 aromatic rings. The van der Waals surface area contributed by atoms with Crippen molar-refractivity contribution in [1.82, 2.24) is 8.28 Å². The molecule has 27 heavy (non-hydrogen) atoms. The lowest BCUT2D eigenvalue weighted by atomic mass is 9.87. The van der Waals surface area contributed by atoms with Gasteiger partial charge in [0.25, 0.3) is 0 Å². The third kappa shape index (κ3) is 4.19. The topological polar surface area (TPSA) is 49.0 Å². The zero-order chi connectivity index (χ0) is 19.0. The van der Waals surface area contributed by atoms with Gasteiger partial charge in [-0.3, -0.25) is 13.1 Å². The van der Waals surface area contributed by atoms with Gasteiger partial charge in [-0.2, -0.15) is 5.26 Å². The van der Waals surface area contributed by atoms with Gasteiger partial charge in [-0.25, -0.2) is 0 Å². The lowest BCUT2D eigenvalue weighted by Crippen LogP contribution is -2.28. The van der Waals surface area contributed by atoms with E-state index in [2.05, 4.69) is 56.5 Å². The number of piperidine rings is 1. The summed E-state index contributed by atoms with van der Waals surface area (Å²) < 4.78 is 4.54. The van der Waals surface area contributed by atoms with E-state index in [0.717, 1.165) is 29.2 Å². The highest BCUT2D eigenvalue weighted by Crippen LogP contribution is 2.41. The van der Waals surface area contributed by atoms with Crippen molar-refractivity contribution >= 4 is 59.0 Å². The molecule has 0 bridgehead atoms. The van der Waals surface area contributed by atoms with Crippen LogP contribution in [-0.4, -0.2) is 32.4 Å². The molecule has 2 fully saturated rings. The zero-order valence-electron chi connectivity index (χ0n) is 15.3. The normalized spacial score (nSPS) is 18.7. The molecule has 142 valence electrons. The fraction of sp³-hybridized carbons (Fsp3) is 0.500. The number of nitriles is 1. The Morgan fingerprint density at radius 2 is 2.00 bits per heavy atom. The van der Waals surface area contributed by atoms with Gasteiger partial charge in [0.1, 0.15) is 6.42 Å². The molecule has 1 aromatic heterocycles. The maximum Gasteiger partial charge on any atom is 0.194 e. The van der Waals surface area contributed by atoms with Gasteiger partial charge in [0.05, 0.1) is 17.3 Å². The summed E-state index contributed by atoms with van der Waals surface area (Å²) in [5.74, 6) is 0.480. The Kier molecular flexibility index (Phi) is 6.07. The molecule has 0 unspecified atom stereocenters. The van der Waals surface area contributed by atoms with Crippen molar-refractivity contribution in [1.29, 1.82) is 5.26 Å². The third-order valence-electron chi connectivity index (χ3n) is 5.46. The van der Waals surface area contributed by atoms with Crippen molar-refractivity contribution in [3.8, 4) is 6.07 Å². The fourth-order valence-electron chi connectivity index (χ4n) is 3.89. The standard InChI is InChI=1S/C20H22IN3OS2/c1-13-10-15-11-19(20(25)4-7-22)24(27-21)18(15)12-17(13)14-5-8-23(9-6-14)26-16-2-3-16/h10-12,14,16H,2-6,8-9H2,1H3. The minimum absolute atomic E-state index is 0.0729. The lowest BCUT2D eigenvalue weighted by molar-refractivity contribution is 0.0993. The van der Waals surface area contributed by atoms with E-state index in [0.29, 0.717) is 11.6 Å². The highest BCUT2D eigenvalue weighted by molar-refractivity contribution is 14.2. The van der Waals surface area contributed by atoms with Crippen molar-refractivity contribution in [3.63, 3.8) is 0 Å². The zero-order valence-corrected chi connectivity index (χ0v) is 19.1. The summed E-state index contributed by atoms with van der Waals surface area (Å²) >= 11 is 4.28. The molecule has 1 aliphatic heterocycles. The molecule has 1 aliphatic carbocycles. The van der Waals surface area contributed by atoms with Gasteiger partial charge in [0.15, 0.2) is 5.78 Å². The first kappa shape index (κ1) is 19.6. The van der Waals surface area contributed by atoms with E-state index in [1.807, 2.05) is 16.1 Å². The van der Waals surface area contributed by atoms with Crippen molar-refractivity contribution < 1.29 is 4.79 Å². The van der Waals surface area contributed by atoms with E-state index in [-0.39, 0.29) is 12.2 Å². The van der Waals surface area contributed by atoms with Crippen LogP contribution in [0.5, 0.6) is 0 Å². The van der Waals surface area contributed by atoms with Crippen LogP contribution in [0.15, 0.2) is 18.2 Å². The second-order valence-electron chi connectivity index (χ2n) is 7.43. The molecule has 0 N–H and O–H groups in total. The molecule has 0 radical (unpaired) electrons. The number of ketones is 1. The van der Waals surface area contributed by atoms with E-state index in [4.69, 9.17) is 5.26 Å². The molecular weight excluding hydrogens is 489 g/mol. The molecule has 1 saturated carbocycles. The van der Waals surface area contributed by atoms with E-state index in [1.165, 1.54) is 45.9 Å². The number of carbonyl (C=O) groups excluding carboxylic acids is 1. The number of benzene rings is 1. The van der Waals surface area contributed by atoms with E-state index in [1.54, 1.807) is 0 Å². The number of rotatable bonds is 6. The minimum Gasteiger partial charge on any atom is -0.291 e. The Balaban J connectivity index is 1.61. The average molecular weight is 511 g/mol. The molecule has 2 heterocycles. The van der Waals surface area contributed by atoms with Crippen molar-refractivity contribution in [2.45, 2.75) is 50.2 Å². The molecule has 7 heteroatoms. The van der Waals surface area contributed by atoms with Crippen LogP contribution in [-0.2, 0) is 0 Å². The Bertz CT molecular complexity index is 908. The molecule has 4 nitrogen and oxygen atoms in total. The van der Waals surface area contributed by atoms with E-state index < -0.39 is 0 Å². The van der Waals surface area contributed by atoms with Crippen LogP contribution in [0.1, 0.15) is 59.6 Å². The van der Waals surface area contributed by atoms with Crippen LogP contribution in [0.4, 0.5) is 0 Å². The molecular formula is C20H22IN3OS2. The number of aromatic nitrogens is 1. The molecule has 4 rings (SSSR count). The number of nitrogens with zero attached hydrogens (tertiary/aromatic N) is 3. The number of hydrogen-bond acceptors (Lipinski definition) is 5. The Labute approximate surface area is 180 Å². The summed E-state index contributed by atoms with van der Waals surface area (Å²) in [5, 5.41) is 10.8. The first-order valence-electron chi connectivity index (χ1n) is 9.37. The van der Waals surface area contributed by atoms with Crippen molar-refractivity contribution in [2.24, 2.45) is 0 Å². The van der Waals surface area contributed by atoms with Gasteiger partial charge in [-0.15, -0.1) is 0 Å². The van der Waals surface area contributed by atoms with Gasteiger partial charge >= 0.3 is 0 Å². The van der Waals surface area contributed by atoms with E-state index in [9.17, 15) is 4.79 Å². The summed E-state index contributed by atoms with van der Waals surface area (Å²) in [6.45, 7) is 4.51. The quantitative estimate of drug-likeness (QED) is 0.275. The SMILES string of the molecule is Cc1cc2cc(C(=O)CC#N)n(SI)c2cc1C1CCN(SC2CC2)CC1. The van der Waals surface area contributed by atoms with Crippen LogP contribution >= 0.6 is 42.3 Å². The number of fused-ring (bicyclic) bond motifs is 1. The lowest BCUT2D eigenvalue weighted by Gasteiger charge is -2.32. The highest BCUT2D eigenvalue weighted by Gasteiger charge is 2.29. The number of Topliss-reactive ketones (excluding diaryl/α,β-unsaturated/α-hetero) is 1. The third-order valence-corrected chi connectivity index (χ3v) is 8.60. The Hall–Kier alpha value is -0.690. The van der Waals surface area contributed by atoms with Crippen molar-refractivity contribution in [3.05, 3.63) is 35.0 Å². The minimum atomic E-state index is -0.109. The Morgan fingerprint density at radius 1 is 1.26 bits per heavy atom. The predicted octanol–water partition coefficient (Wildman–Crippen LogP) is 5.88. The fourth-order valence-corrected chi connectivity index (χ4v) is 6.81. The second kappa shape index (κ2) is 8.36. The average Bonchev–Trinajstić information content (AvgIpc) is 3.40. The van der Waals surface area contributed by atoms with Crippen LogP contribution in [0.3, 0.4) is 0 Å². The summed E-state index contributed by atoms with van der Waals surface area (Å²) in [7, 11) is 1.51. The number of carbonyl (C=O) groups is 1. The smallest absolute Gasteiger partial charge is 0.194 e. The number of aryl methyl sites for hydroxylation is 1. The molecule has 2 aliphatic rings. The summed E-state index contributed by atoms with van der Waals surface area (Å²) in [5.41, 5.74) is 4.44. The van der Waals surface area contributed by atoms with Crippen LogP contribution < -0.4 is 0 Å².